The Morgan fingerprint density at radius 1 is 1.50 bits per heavy atom. The fourth-order valence-corrected chi connectivity index (χ4v) is 1.83. The molecule has 0 saturated heterocycles. The van der Waals surface area contributed by atoms with Gasteiger partial charge in [0.25, 0.3) is 5.91 Å². The Hall–Kier alpha value is -2.19. The summed E-state index contributed by atoms with van der Waals surface area (Å²) in [6.07, 6.45) is 2.38. The molecule has 22 heavy (non-hydrogen) atoms. The monoisotopic (exact) mass is 321 g/mol. The van der Waals surface area contributed by atoms with Crippen LogP contribution in [0.1, 0.15) is 20.3 Å². The summed E-state index contributed by atoms with van der Waals surface area (Å²) >= 11 is 5.90. The average Bonchev–Trinajstić information content (AvgIpc) is 2.47. The molecule has 1 aromatic carbocycles. The minimum absolute atomic E-state index is 0.00853. The lowest BCUT2D eigenvalue weighted by molar-refractivity contribution is -0.112. The van der Waals surface area contributed by atoms with Gasteiger partial charge in [-0.15, -0.1) is 0 Å². The maximum atomic E-state index is 12.1. The highest BCUT2D eigenvalue weighted by Gasteiger charge is 2.12. The molecule has 0 fully saturated rings. The van der Waals surface area contributed by atoms with Crippen molar-refractivity contribution in [1.82, 2.24) is 5.32 Å². The number of amides is 1. The van der Waals surface area contributed by atoms with Crippen LogP contribution < -0.4 is 15.4 Å². The lowest BCUT2D eigenvalue weighted by atomic mass is 10.1. The molecule has 0 radical (unpaired) electrons. The first-order valence-electron chi connectivity index (χ1n) is 6.96. The summed E-state index contributed by atoms with van der Waals surface area (Å²) in [6, 6.07) is 6.75. The first-order valence-corrected chi connectivity index (χ1v) is 7.34. The van der Waals surface area contributed by atoms with Crippen LogP contribution in [-0.2, 0) is 4.79 Å². The fourth-order valence-electron chi connectivity index (χ4n) is 1.66. The first-order chi connectivity index (χ1) is 10.5. The number of nitriles is 1. The quantitative estimate of drug-likeness (QED) is 0.459. The number of halogens is 1. The highest BCUT2D eigenvalue weighted by molar-refractivity contribution is 6.31. The van der Waals surface area contributed by atoms with Crippen LogP contribution in [0.25, 0.3) is 0 Å². The van der Waals surface area contributed by atoms with Gasteiger partial charge in [0.15, 0.2) is 0 Å². The number of ether oxygens (including phenoxy) is 1. The number of benzene rings is 1. The SMILES string of the molecule is COc1ccc(Cl)cc1NC(=O)/C(C#N)=C\NCCC(C)C. The van der Waals surface area contributed by atoms with Crippen molar-refractivity contribution < 1.29 is 9.53 Å². The van der Waals surface area contributed by atoms with Crippen molar-refractivity contribution in [3.05, 3.63) is 35.0 Å². The summed E-state index contributed by atoms with van der Waals surface area (Å²) in [5.41, 5.74) is 0.411. The molecule has 0 spiro atoms. The average molecular weight is 322 g/mol. The Labute approximate surface area is 135 Å². The normalized spacial score (nSPS) is 11.0. The number of methoxy groups -OCH3 is 1. The summed E-state index contributed by atoms with van der Waals surface area (Å²) in [6.45, 7) is 4.92. The summed E-state index contributed by atoms with van der Waals surface area (Å²) in [4.78, 5) is 12.1. The zero-order chi connectivity index (χ0) is 16.5. The van der Waals surface area contributed by atoms with Crippen LogP contribution in [0.5, 0.6) is 5.75 Å². The minimum Gasteiger partial charge on any atom is -0.495 e. The Morgan fingerprint density at radius 3 is 2.82 bits per heavy atom. The van der Waals surface area contributed by atoms with Gasteiger partial charge in [0.2, 0.25) is 0 Å². The summed E-state index contributed by atoms with van der Waals surface area (Å²) in [5, 5.41) is 15.1. The van der Waals surface area contributed by atoms with E-state index in [1.165, 1.54) is 13.3 Å². The molecule has 1 amide bonds. The van der Waals surface area contributed by atoms with E-state index in [9.17, 15) is 4.79 Å². The van der Waals surface area contributed by atoms with E-state index in [1.807, 2.05) is 6.07 Å². The van der Waals surface area contributed by atoms with Crippen molar-refractivity contribution in [2.45, 2.75) is 20.3 Å². The second-order valence-electron chi connectivity index (χ2n) is 5.11. The molecule has 118 valence electrons. The number of hydrogen-bond acceptors (Lipinski definition) is 4. The van der Waals surface area contributed by atoms with Gasteiger partial charge in [-0.2, -0.15) is 5.26 Å². The van der Waals surface area contributed by atoms with Crippen molar-refractivity contribution in [2.75, 3.05) is 19.0 Å². The Kier molecular flexibility index (Phi) is 7.27. The maximum Gasteiger partial charge on any atom is 0.267 e. The molecule has 0 atom stereocenters. The van der Waals surface area contributed by atoms with Gasteiger partial charge >= 0.3 is 0 Å². The fraction of sp³-hybridized carbons (Fsp3) is 0.375. The maximum absolute atomic E-state index is 12.1. The molecule has 0 aliphatic rings. The third-order valence-electron chi connectivity index (χ3n) is 2.89. The minimum atomic E-state index is -0.514. The van der Waals surface area contributed by atoms with Crippen LogP contribution in [-0.4, -0.2) is 19.6 Å². The van der Waals surface area contributed by atoms with Crippen LogP contribution in [0.15, 0.2) is 30.0 Å². The first kappa shape index (κ1) is 17.9. The molecule has 1 rings (SSSR count). The third kappa shape index (κ3) is 5.66. The van der Waals surface area contributed by atoms with Crippen molar-refractivity contribution >= 4 is 23.2 Å². The van der Waals surface area contributed by atoms with E-state index >= 15 is 0 Å². The summed E-state index contributed by atoms with van der Waals surface area (Å²) < 4.78 is 5.15. The molecular formula is C16H20ClN3O2. The zero-order valence-electron chi connectivity index (χ0n) is 12.9. The van der Waals surface area contributed by atoms with Gasteiger partial charge in [-0.05, 0) is 30.5 Å². The highest BCUT2D eigenvalue weighted by Crippen LogP contribution is 2.27. The number of nitrogens with one attached hydrogen (secondary N) is 2. The van der Waals surface area contributed by atoms with E-state index in [0.29, 0.717) is 28.9 Å². The molecule has 0 saturated carbocycles. The van der Waals surface area contributed by atoms with Gasteiger partial charge in [0.1, 0.15) is 17.4 Å². The van der Waals surface area contributed by atoms with E-state index in [2.05, 4.69) is 24.5 Å². The molecule has 1 aromatic rings. The molecule has 6 heteroatoms. The van der Waals surface area contributed by atoms with Gasteiger partial charge in [-0.25, -0.2) is 0 Å². The van der Waals surface area contributed by atoms with Gasteiger partial charge in [0, 0.05) is 17.8 Å². The van der Waals surface area contributed by atoms with Crippen LogP contribution >= 0.6 is 11.6 Å². The van der Waals surface area contributed by atoms with Crippen LogP contribution in [0.2, 0.25) is 5.02 Å². The molecular weight excluding hydrogens is 302 g/mol. The molecule has 0 unspecified atom stereocenters. The van der Waals surface area contributed by atoms with E-state index < -0.39 is 5.91 Å². The molecule has 5 nitrogen and oxygen atoms in total. The number of anilines is 1. The Balaban J connectivity index is 2.75. The van der Waals surface area contributed by atoms with E-state index in [4.69, 9.17) is 21.6 Å². The van der Waals surface area contributed by atoms with Crippen LogP contribution in [0, 0.1) is 17.2 Å². The molecule has 0 heterocycles. The van der Waals surface area contributed by atoms with E-state index in [1.54, 1.807) is 18.2 Å². The number of nitrogens with zero attached hydrogens (tertiary/aromatic N) is 1. The summed E-state index contributed by atoms with van der Waals surface area (Å²) in [5.74, 6) is 0.513. The van der Waals surface area contributed by atoms with Crippen LogP contribution in [0.4, 0.5) is 5.69 Å². The van der Waals surface area contributed by atoms with Crippen molar-refractivity contribution in [2.24, 2.45) is 5.92 Å². The Morgan fingerprint density at radius 2 is 2.23 bits per heavy atom. The van der Waals surface area contributed by atoms with Gasteiger partial charge in [0.05, 0.1) is 12.8 Å². The third-order valence-corrected chi connectivity index (χ3v) is 3.12. The van der Waals surface area contributed by atoms with Crippen molar-refractivity contribution in [1.29, 1.82) is 5.26 Å². The van der Waals surface area contributed by atoms with E-state index in [0.717, 1.165) is 6.42 Å². The molecule has 0 aliphatic heterocycles. The predicted octanol–water partition coefficient (Wildman–Crippen LogP) is 3.33. The lowest BCUT2D eigenvalue weighted by Gasteiger charge is -2.10. The van der Waals surface area contributed by atoms with E-state index in [-0.39, 0.29) is 5.57 Å². The van der Waals surface area contributed by atoms with Crippen LogP contribution in [0.3, 0.4) is 0 Å². The van der Waals surface area contributed by atoms with Gasteiger partial charge in [-0.1, -0.05) is 25.4 Å². The largest absolute Gasteiger partial charge is 0.495 e. The topological polar surface area (TPSA) is 74.1 Å². The second kappa shape index (κ2) is 8.96. The zero-order valence-corrected chi connectivity index (χ0v) is 13.7. The molecule has 0 aliphatic carbocycles. The number of rotatable bonds is 7. The highest BCUT2D eigenvalue weighted by atomic mass is 35.5. The van der Waals surface area contributed by atoms with Gasteiger partial charge in [-0.3, -0.25) is 4.79 Å². The van der Waals surface area contributed by atoms with Crippen molar-refractivity contribution in [3.63, 3.8) is 0 Å². The number of carbonyl (C=O) groups excluding carboxylic acids is 1. The lowest BCUT2D eigenvalue weighted by Crippen LogP contribution is -2.18. The Bertz CT molecular complexity index is 592. The number of hydrogen-bond donors (Lipinski definition) is 2. The molecule has 0 aromatic heterocycles. The van der Waals surface area contributed by atoms with Crippen molar-refractivity contribution in [3.8, 4) is 11.8 Å². The molecule has 0 bridgehead atoms. The second-order valence-corrected chi connectivity index (χ2v) is 5.54. The van der Waals surface area contributed by atoms with Gasteiger partial charge < -0.3 is 15.4 Å². The smallest absolute Gasteiger partial charge is 0.267 e. The summed E-state index contributed by atoms with van der Waals surface area (Å²) in [7, 11) is 1.49. The number of carbonyl (C=O) groups is 1. The predicted molar refractivity (Wildman–Crippen MR) is 87.8 cm³/mol. The molecule has 2 N–H and O–H groups in total. The standard InChI is InChI=1S/C16H20ClN3O2/c1-11(2)6-7-19-10-12(9-18)16(21)20-14-8-13(17)4-5-15(14)22-3/h4-5,8,10-11,19H,6-7H2,1-3H3,(H,20,21)/b12-10-.